The molecule has 4 rings (SSSR count). The molecule has 8 nitrogen and oxygen atoms in total. The van der Waals surface area contributed by atoms with Crippen molar-refractivity contribution in [3.8, 4) is 17.3 Å². The summed E-state index contributed by atoms with van der Waals surface area (Å²) in [5, 5.41) is 5.46. The highest BCUT2D eigenvalue weighted by Gasteiger charge is 2.29. The Kier molecular flexibility index (Phi) is 6.11. The zero-order chi connectivity index (χ0) is 22.1. The van der Waals surface area contributed by atoms with Crippen molar-refractivity contribution in [2.45, 2.75) is 26.4 Å². The van der Waals surface area contributed by atoms with Crippen LogP contribution in [-0.2, 0) is 11.3 Å². The van der Waals surface area contributed by atoms with Crippen molar-refractivity contribution >= 4 is 34.8 Å². The maximum Gasteiger partial charge on any atom is 0.248 e. The summed E-state index contributed by atoms with van der Waals surface area (Å²) in [6.07, 6.45) is 2.99. The first-order chi connectivity index (χ1) is 14.9. The summed E-state index contributed by atoms with van der Waals surface area (Å²) in [6.45, 7) is 5.98. The average Bonchev–Trinajstić information content (AvgIpc) is 3.38. The van der Waals surface area contributed by atoms with E-state index in [0.29, 0.717) is 52.7 Å². The Morgan fingerprint density at radius 2 is 2.13 bits per heavy atom. The molecule has 1 aliphatic rings. The van der Waals surface area contributed by atoms with Crippen LogP contribution in [0.3, 0.4) is 0 Å². The van der Waals surface area contributed by atoms with Crippen molar-refractivity contribution < 1.29 is 13.9 Å². The van der Waals surface area contributed by atoms with Gasteiger partial charge in [0.05, 0.1) is 29.0 Å². The lowest BCUT2D eigenvalue weighted by molar-refractivity contribution is -0.134. The van der Waals surface area contributed by atoms with Gasteiger partial charge in [-0.3, -0.25) is 9.48 Å². The molecule has 3 aromatic rings. The van der Waals surface area contributed by atoms with Crippen LogP contribution >= 0.6 is 23.2 Å². The van der Waals surface area contributed by atoms with Crippen LogP contribution in [-0.4, -0.2) is 58.4 Å². The standard InChI is InChI=1S/C21H23Cl2N5O3/c1-13-11-26(15-4-5-16(22)17(10-15)30-3)7-8-27(13)18(29)12-28-14(2)19(23)20(25-28)21-24-6-9-31-21/h4-6,9-10,13H,7-8,11-12H2,1-3H3. The van der Waals surface area contributed by atoms with Gasteiger partial charge in [-0.2, -0.15) is 5.10 Å². The Morgan fingerprint density at radius 3 is 2.81 bits per heavy atom. The number of methoxy groups -OCH3 is 1. The van der Waals surface area contributed by atoms with Crippen LogP contribution in [0.5, 0.6) is 5.75 Å². The highest BCUT2D eigenvalue weighted by atomic mass is 35.5. The Labute approximate surface area is 190 Å². The Balaban J connectivity index is 1.45. The highest BCUT2D eigenvalue weighted by molar-refractivity contribution is 6.33. The predicted molar refractivity (Wildman–Crippen MR) is 119 cm³/mol. The van der Waals surface area contributed by atoms with Crippen LogP contribution < -0.4 is 9.64 Å². The molecule has 0 N–H and O–H groups in total. The van der Waals surface area contributed by atoms with Gasteiger partial charge in [0, 0.05) is 37.4 Å². The topological polar surface area (TPSA) is 76.6 Å². The second-order valence-corrected chi connectivity index (χ2v) is 8.23. The highest BCUT2D eigenvalue weighted by Crippen LogP contribution is 2.31. The first-order valence-corrected chi connectivity index (χ1v) is 10.7. The van der Waals surface area contributed by atoms with E-state index in [1.54, 1.807) is 11.8 Å². The fourth-order valence-corrected chi connectivity index (χ4v) is 4.19. The van der Waals surface area contributed by atoms with Crippen molar-refractivity contribution in [3.63, 3.8) is 0 Å². The lowest BCUT2D eigenvalue weighted by Gasteiger charge is -2.41. The van der Waals surface area contributed by atoms with Crippen molar-refractivity contribution in [1.82, 2.24) is 19.7 Å². The van der Waals surface area contributed by atoms with Crippen LogP contribution in [0.25, 0.3) is 11.6 Å². The van der Waals surface area contributed by atoms with E-state index in [1.807, 2.05) is 36.9 Å². The minimum atomic E-state index is -0.0120. The lowest BCUT2D eigenvalue weighted by atomic mass is 10.1. The normalized spacial score (nSPS) is 16.6. The van der Waals surface area contributed by atoms with Gasteiger partial charge in [-0.15, -0.1) is 0 Å². The summed E-state index contributed by atoms with van der Waals surface area (Å²) in [4.78, 5) is 21.2. The van der Waals surface area contributed by atoms with E-state index in [4.69, 9.17) is 32.4 Å². The first kappa shape index (κ1) is 21.5. The molecule has 0 aliphatic carbocycles. The number of halogens is 2. The molecule has 3 heterocycles. The molecular formula is C21H23Cl2N5O3. The number of benzene rings is 1. The van der Waals surface area contributed by atoms with Gasteiger partial charge in [-0.05, 0) is 26.0 Å². The molecule has 0 radical (unpaired) electrons. The first-order valence-electron chi connectivity index (χ1n) is 9.89. The van der Waals surface area contributed by atoms with Gasteiger partial charge in [0.25, 0.3) is 0 Å². The zero-order valence-corrected chi connectivity index (χ0v) is 19.0. The molecule has 1 aromatic carbocycles. The summed E-state index contributed by atoms with van der Waals surface area (Å²) >= 11 is 12.5. The maximum absolute atomic E-state index is 13.1. The maximum atomic E-state index is 13.1. The molecule has 31 heavy (non-hydrogen) atoms. The fourth-order valence-electron chi connectivity index (χ4n) is 3.78. The van der Waals surface area contributed by atoms with Crippen molar-refractivity contribution in [3.05, 3.63) is 46.4 Å². The molecule has 0 bridgehead atoms. The Hall–Kier alpha value is -2.71. The number of amides is 1. The third-order valence-electron chi connectivity index (χ3n) is 5.50. The van der Waals surface area contributed by atoms with Crippen molar-refractivity contribution in [2.75, 3.05) is 31.6 Å². The average molecular weight is 464 g/mol. The number of hydrogen-bond acceptors (Lipinski definition) is 6. The molecule has 1 amide bonds. The minimum Gasteiger partial charge on any atom is -0.495 e. The minimum absolute atomic E-state index is 0.0120. The van der Waals surface area contributed by atoms with E-state index in [0.717, 1.165) is 5.69 Å². The van der Waals surface area contributed by atoms with Gasteiger partial charge in [-0.1, -0.05) is 23.2 Å². The lowest BCUT2D eigenvalue weighted by Crippen LogP contribution is -2.54. The third kappa shape index (κ3) is 4.22. The van der Waals surface area contributed by atoms with Gasteiger partial charge < -0.3 is 19.0 Å². The van der Waals surface area contributed by atoms with E-state index in [9.17, 15) is 4.79 Å². The monoisotopic (exact) mass is 463 g/mol. The second kappa shape index (κ2) is 8.80. The number of nitrogens with zero attached hydrogens (tertiary/aromatic N) is 5. The molecule has 0 spiro atoms. The van der Waals surface area contributed by atoms with Crippen LogP contribution in [0, 0.1) is 6.92 Å². The van der Waals surface area contributed by atoms with Crippen molar-refractivity contribution in [1.29, 1.82) is 0 Å². The zero-order valence-electron chi connectivity index (χ0n) is 17.5. The molecular weight excluding hydrogens is 441 g/mol. The van der Waals surface area contributed by atoms with Crippen LogP contribution in [0.1, 0.15) is 12.6 Å². The summed E-state index contributed by atoms with van der Waals surface area (Å²) in [5.41, 5.74) is 2.15. The van der Waals surface area contributed by atoms with Gasteiger partial charge in [0.1, 0.15) is 18.6 Å². The molecule has 2 aromatic heterocycles. The number of carbonyl (C=O) groups excluding carboxylic acids is 1. The molecule has 10 heteroatoms. The second-order valence-electron chi connectivity index (χ2n) is 7.44. The van der Waals surface area contributed by atoms with Gasteiger partial charge in [-0.25, -0.2) is 4.98 Å². The third-order valence-corrected chi connectivity index (χ3v) is 6.27. The number of anilines is 1. The quantitative estimate of drug-likeness (QED) is 0.570. The number of rotatable bonds is 5. The molecule has 1 saturated heterocycles. The molecule has 1 atom stereocenters. The largest absolute Gasteiger partial charge is 0.495 e. The number of carbonyl (C=O) groups is 1. The molecule has 1 fully saturated rings. The SMILES string of the molecule is COc1cc(N2CCN(C(=O)Cn3nc(-c4ncco4)c(Cl)c3C)C(C)C2)ccc1Cl. The fraction of sp³-hybridized carbons (Fsp3) is 0.381. The van der Waals surface area contributed by atoms with E-state index < -0.39 is 0 Å². The van der Waals surface area contributed by atoms with Gasteiger partial charge >= 0.3 is 0 Å². The Bertz CT molecular complexity index is 1080. The van der Waals surface area contributed by atoms with E-state index in [1.165, 1.54) is 12.5 Å². The van der Waals surface area contributed by atoms with Crippen molar-refractivity contribution in [2.24, 2.45) is 0 Å². The predicted octanol–water partition coefficient (Wildman–Crippen LogP) is 3.90. The summed E-state index contributed by atoms with van der Waals surface area (Å²) in [6, 6.07) is 5.74. The van der Waals surface area contributed by atoms with Gasteiger partial charge in [0.2, 0.25) is 11.8 Å². The number of ether oxygens (including phenoxy) is 1. The van der Waals surface area contributed by atoms with Gasteiger partial charge in [0.15, 0.2) is 5.69 Å². The summed E-state index contributed by atoms with van der Waals surface area (Å²) in [7, 11) is 1.60. The smallest absolute Gasteiger partial charge is 0.248 e. The molecule has 164 valence electrons. The molecule has 1 aliphatic heterocycles. The van der Waals surface area contributed by atoms with E-state index in [2.05, 4.69) is 15.0 Å². The number of piperazine rings is 1. The number of hydrogen-bond donors (Lipinski definition) is 0. The van der Waals surface area contributed by atoms with Crippen LogP contribution in [0.2, 0.25) is 10.0 Å². The number of oxazole rings is 1. The molecule has 0 saturated carbocycles. The molecule has 1 unspecified atom stereocenters. The van der Waals surface area contributed by atoms with Crippen LogP contribution in [0.15, 0.2) is 35.1 Å². The van der Waals surface area contributed by atoms with Crippen LogP contribution in [0.4, 0.5) is 5.69 Å². The van der Waals surface area contributed by atoms with E-state index >= 15 is 0 Å². The Morgan fingerprint density at radius 1 is 1.32 bits per heavy atom. The number of aromatic nitrogens is 3. The summed E-state index contributed by atoms with van der Waals surface area (Å²) < 4.78 is 12.2. The van der Waals surface area contributed by atoms with E-state index in [-0.39, 0.29) is 18.5 Å². The summed E-state index contributed by atoms with van der Waals surface area (Å²) in [5.74, 6) is 0.958.